The van der Waals surface area contributed by atoms with Gasteiger partial charge in [-0.1, -0.05) is 58.6 Å². The van der Waals surface area contributed by atoms with E-state index in [-0.39, 0.29) is 5.91 Å². The van der Waals surface area contributed by atoms with Gasteiger partial charge < -0.3 is 4.52 Å². The molecule has 0 saturated heterocycles. The number of anilines is 1. The summed E-state index contributed by atoms with van der Waals surface area (Å²) in [6.45, 7) is 3.79. The van der Waals surface area contributed by atoms with Crippen molar-refractivity contribution in [2.45, 2.75) is 29.7 Å². The third-order valence-corrected chi connectivity index (χ3v) is 6.52. The minimum atomic E-state index is -0.0856. The van der Waals surface area contributed by atoms with Crippen LogP contribution < -0.4 is 5.32 Å². The van der Waals surface area contributed by atoms with E-state index in [4.69, 9.17) is 4.52 Å². The third-order valence-electron chi connectivity index (χ3n) is 3.52. The second-order valence-corrected chi connectivity index (χ2v) is 8.68. The van der Waals surface area contributed by atoms with Gasteiger partial charge in [-0.2, -0.15) is 0 Å². The fraction of sp³-hybridized carbons (Fsp3) is 0.294. The Balaban J connectivity index is 1.42. The Bertz CT molecular complexity index is 845. The van der Waals surface area contributed by atoms with Gasteiger partial charge in [0, 0.05) is 17.1 Å². The average molecular weight is 407 g/mol. The predicted octanol–water partition coefficient (Wildman–Crippen LogP) is 4.31. The highest BCUT2D eigenvalue weighted by atomic mass is 32.2. The Morgan fingerprint density at radius 1 is 1.19 bits per heavy atom. The lowest BCUT2D eigenvalue weighted by atomic mass is 10.2. The van der Waals surface area contributed by atoms with E-state index in [1.165, 1.54) is 28.7 Å². The number of benzene rings is 1. The monoisotopic (exact) mass is 406 g/mol. The van der Waals surface area contributed by atoms with E-state index in [1.54, 1.807) is 11.8 Å². The van der Waals surface area contributed by atoms with E-state index in [9.17, 15) is 4.79 Å². The first kappa shape index (κ1) is 18.9. The number of carbonyl (C=O) groups excluding carboxylic acids is 1. The molecule has 0 fully saturated rings. The molecule has 9 heteroatoms. The maximum atomic E-state index is 12.1. The van der Waals surface area contributed by atoms with Crippen molar-refractivity contribution in [2.75, 3.05) is 11.1 Å². The second kappa shape index (κ2) is 9.20. The number of aryl methyl sites for hydroxylation is 2. The van der Waals surface area contributed by atoms with E-state index in [0.717, 1.165) is 27.1 Å². The number of rotatable bonds is 8. The number of thioether (sulfide) groups is 2. The molecule has 26 heavy (non-hydrogen) atoms. The third kappa shape index (κ3) is 5.33. The highest BCUT2D eigenvalue weighted by molar-refractivity contribution is 8.00. The van der Waals surface area contributed by atoms with Gasteiger partial charge in [-0.25, -0.2) is 0 Å². The van der Waals surface area contributed by atoms with Gasteiger partial charge >= 0.3 is 0 Å². The van der Waals surface area contributed by atoms with Crippen LogP contribution in [0.2, 0.25) is 0 Å². The summed E-state index contributed by atoms with van der Waals surface area (Å²) in [4.78, 5) is 12.1. The standard InChI is InChI=1S/C17H18N4O2S3/c1-11-14(12(2)23-21-11)9-24-10-15(22)18-16-19-20-17(26-16)25-8-13-6-4-3-5-7-13/h3-7H,8-10H2,1-2H3,(H,18,19,22). The number of aromatic nitrogens is 3. The van der Waals surface area contributed by atoms with Crippen LogP contribution in [0, 0.1) is 13.8 Å². The first-order chi connectivity index (χ1) is 12.6. The normalized spacial score (nSPS) is 10.8. The Kier molecular flexibility index (Phi) is 6.70. The molecule has 3 rings (SSSR count). The van der Waals surface area contributed by atoms with Crippen molar-refractivity contribution in [3.63, 3.8) is 0 Å². The van der Waals surface area contributed by atoms with Gasteiger partial charge in [0.1, 0.15) is 5.76 Å². The summed E-state index contributed by atoms with van der Waals surface area (Å²) in [6.07, 6.45) is 0. The van der Waals surface area contributed by atoms with Crippen LogP contribution in [0.1, 0.15) is 22.6 Å². The highest BCUT2D eigenvalue weighted by Crippen LogP contribution is 2.28. The van der Waals surface area contributed by atoms with Crippen molar-refractivity contribution in [1.29, 1.82) is 0 Å². The fourth-order valence-corrected chi connectivity index (χ4v) is 4.85. The lowest BCUT2D eigenvalue weighted by Crippen LogP contribution is -2.14. The lowest BCUT2D eigenvalue weighted by molar-refractivity contribution is -0.113. The molecule has 0 spiro atoms. The van der Waals surface area contributed by atoms with Crippen LogP contribution in [0.3, 0.4) is 0 Å². The molecular formula is C17H18N4O2S3. The molecule has 0 bridgehead atoms. The molecule has 0 aliphatic heterocycles. The van der Waals surface area contributed by atoms with Gasteiger partial charge in [0.15, 0.2) is 4.34 Å². The zero-order valence-corrected chi connectivity index (χ0v) is 16.8. The van der Waals surface area contributed by atoms with Crippen LogP contribution in [0.15, 0.2) is 39.2 Å². The SMILES string of the molecule is Cc1noc(C)c1CSCC(=O)Nc1nnc(SCc2ccccc2)s1. The summed E-state index contributed by atoms with van der Waals surface area (Å²) >= 11 is 4.52. The van der Waals surface area contributed by atoms with Gasteiger partial charge in [-0.3, -0.25) is 10.1 Å². The maximum Gasteiger partial charge on any atom is 0.236 e. The van der Waals surface area contributed by atoms with E-state index in [1.807, 2.05) is 32.0 Å². The molecule has 0 aliphatic rings. The smallest absolute Gasteiger partial charge is 0.236 e. The van der Waals surface area contributed by atoms with Crippen molar-refractivity contribution in [3.05, 3.63) is 52.9 Å². The molecule has 1 N–H and O–H groups in total. The van der Waals surface area contributed by atoms with Gasteiger partial charge in [-0.05, 0) is 19.4 Å². The number of nitrogens with zero attached hydrogens (tertiary/aromatic N) is 3. The van der Waals surface area contributed by atoms with E-state index in [0.29, 0.717) is 16.6 Å². The second-order valence-electron chi connectivity index (χ2n) is 5.49. The summed E-state index contributed by atoms with van der Waals surface area (Å²) in [5.41, 5.74) is 3.16. The van der Waals surface area contributed by atoms with Gasteiger partial charge in [0.2, 0.25) is 11.0 Å². The lowest BCUT2D eigenvalue weighted by Gasteiger charge is -2.01. The topological polar surface area (TPSA) is 80.9 Å². The molecule has 0 radical (unpaired) electrons. The molecular weight excluding hydrogens is 388 g/mol. The Morgan fingerprint density at radius 3 is 2.73 bits per heavy atom. The van der Waals surface area contributed by atoms with Crippen LogP contribution >= 0.6 is 34.9 Å². The maximum absolute atomic E-state index is 12.1. The quantitative estimate of drug-likeness (QED) is 0.441. The molecule has 2 heterocycles. The molecule has 0 unspecified atom stereocenters. The summed E-state index contributed by atoms with van der Waals surface area (Å²) in [5.74, 6) is 2.59. The minimum Gasteiger partial charge on any atom is -0.361 e. The summed E-state index contributed by atoms with van der Waals surface area (Å²) < 4.78 is 5.96. The zero-order valence-electron chi connectivity index (χ0n) is 14.4. The van der Waals surface area contributed by atoms with Crippen molar-refractivity contribution in [1.82, 2.24) is 15.4 Å². The first-order valence-electron chi connectivity index (χ1n) is 7.91. The van der Waals surface area contributed by atoms with Crippen LogP contribution in [0.25, 0.3) is 0 Å². The molecule has 0 aliphatic carbocycles. The number of hydrogen-bond acceptors (Lipinski definition) is 8. The van der Waals surface area contributed by atoms with E-state index in [2.05, 4.69) is 32.8 Å². The highest BCUT2D eigenvalue weighted by Gasteiger charge is 2.12. The van der Waals surface area contributed by atoms with Crippen LogP contribution in [0.4, 0.5) is 5.13 Å². The molecule has 1 aromatic carbocycles. The van der Waals surface area contributed by atoms with Crippen LogP contribution in [-0.4, -0.2) is 27.0 Å². The largest absolute Gasteiger partial charge is 0.361 e. The van der Waals surface area contributed by atoms with Crippen molar-refractivity contribution in [3.8, 4) is 0 Å². The Labute approximate surface area is 164 Å². The summed E-state index contributed by atoms with van der Waals surface area (Å²) in [5, 5.41) is 15.4. The fourth-order valence-electron chi connectivity index (χ4n) is 2.15. The molecule has 0 saturated carbocycles. The minimum absolute atomic E-state index is 0.0856. The Hall–Kier alpha value is -1.84. The number of carbonyl (C=O) groups is 1. The molecule has 6 nitrogen and oxygen atoms in total. The number of hydrogen-bond donors (Lipinski definition) is 1. The van der Waals surface area contributed by atoms with E-state index < -0.39 is 0 Å². The van der Waals surface area contributed by atoms with Crippen molar-refractivity contribution >= 4 is 45.9 Å². The number of nitrogens with one attached hydrogen (secondary N) is 1. The summed E-state index contributed by atoms with van der Waals surface area (Å²) in [6, 6.07) is 10.2. The average Bonchev–Trinajstić information content (AvgIpc) is 3.22. The summed E-state index contributed by atoms with van der Waals surface area (Å²) in [7, 11) is 0. The molecule has 1 amide bonds. The first-order valence-corrected chi connectivity index (χ1v) is 10.9. The van der Waals surface area contributed by atoms with Crippen molar-refractivity contribution in [2.24, 2.45) is 0 Å². The van der Waals surface area contributed by atoms with Gasteiger partial charge in [0.25, 0.3) is 0 Å². The Morgan fingerprint density at radius 2 is 2.00 bits per heavy atom. The van der Waals surface area contributed by atoms with Crippen LogP contribution in [-0.2, 0) is 16.3 Å². The van der Waals surface area contributed by atoms with Crippen LogP contribution in [0.5, 0.6) is 0 Å². The molecule has 136 valence electrons. The van der Waals surface area contributed by atoms with E-state index >= 15 is 0 Å². The van der Waals surface area contributed by atoms with Crippen molar-refractivity contribution < 1.29 is 9.32 Å². The molecule has 0 atom stereocenters. The molecule has 3 aromatic rings. The predicted molar refractivity (Wildman–Crippen MR) is 107 cm³/mol. The van der Waals surface area contributed by atoms with Gasteiger partial charge in [-0.15, -0.1) is 22.0 Å². The van der Waals surface area contributed by atoms with Gasteiger partial charge in [0.05, 0.1) is 11.4 Å². The molecule has 2 aromatic heterocycles. The number of amides is 1. The zero-order chi connectivity index (χ0) is 18.4.